The van der Waals surface area contributed by atoms with E-state index in [0.717, 1.165) is 0 Å². The van der Waals surface area contributed by atoms with Crippen molar-refractivity contribution in [2.24, 2.45) is 0 Å². The van der Waals surface area contributed by atoms with Crippen LogP contribution in [0.5, 0.6) is 0 Å². The van der Waals surface area contributed by atoms with Gasteiger partial charge in [-0.15, -0.1) is 4.80 Å². The molecule has 7 heteroatoms. The first kappa shape index (κ1) is 9.79. The van der Waals surface area contributed by atoms with Crippen molar-refractivity contribution < 1.29 is 4.79 Å². The lowest BCUT2D eigenvalue weighted by Gasteiger charge is -2.03. The number of aromatic nitrogens is 4. The molecule has 2 aromatic heterocycles. The van der Waals surface area contributed by atoms with E-state index in [2.05, 4.69) is 20.5 Å². The standard InChI is InChI=1S/C9H6N6O/c10-4-7-3-8(12-6-16)5-11-9(7)15-13-1-2-14-15/h1-3,5-6H,(H,12,16). The summed E-state index contributed by atoms with van der Waals surface area (Å²) in [5.41, 5.74) is 0.727. The molecule has 0 bridgehead atoms. The highest BCUT2D eigenvalue weighted by Crippen LogP contribution is 2.13. The van der Waals surface area contributed by atoms with Crippen LogP contribution in [0.2, 0.25) is 0 Å². The van der Waals surface area contributed by atoms with Crippen LogP contribution in [0.1, 0.15) is 5.56 Å². The van der Waals surface area contributed by atoms with E-state index in [-0.39, 0.29) is 5.56 Å². The molecule has 0 aliphatic heterocycles. The molecule has 7 nitrogen and oxygen atoms in total. The molecule has 2 heterocycles. The van der Waals surface area contributed by atoms with Gasteiger partial charge in [0.15, 0.2) is 5.82 Å². The van der Waals surface area contributed by atoms with E-state index in [0.29, 0.717) is 17.9 Å². The maximum absolute atomic E-state index is 10.2. The second kappa shape index (κ2) is 4.18. The van der Waals surface area contributed by atoms with Crippen LogP contribution in [0.25, 0.3) is 5.82 Å². The molecule has 2 rings (SSSR count). The van der Waals surface area contributed by atoms with Gasteiger partial charge in [0.05, 0.1) is 24.3 Å². The van der Waals surface area contributed by atoms with E-state index in [1.807, 2.05) is 6.07 Å². The maximum Gasteiger partial charge on any atom is 0.211 e. The Bertz CT molecular complexity index is 542. The van der Waals surface area contributed by atoms with Gasteiger partial charge in [-0.25, -0.2) is 4.98 Å². The van der Waals surface area contributed by atoms with Gasteiger partial charge in [0.1, 0.15) is 11.6 Å². The molecular formula is C9H6N6O. The molecule has 2 aromatic rings. The number of nitrogens with zero attached hydrogens (tertiary/aromatic N) is 5. The molecule has 0 aliphatic rings. The normalized spacial score (nSPS) is 9.44. The summed E-state index contributed by atoms with van der Waals surface area (Å²) in [5.74, 6) is 0.323. The molecule has 0 aromatic carbocycles. The topological polar surface area (TPSA) is 96.5 Å². The summed E-state index contributed by atoms with van der Waals surface area (Å²) in [5, 5.41) is 19.1. The molecule has 0 spiro atoms. The van der Waals surface area contributed by atoms with E-state index >= 15 is 0 Å². The van der Waals surface area contributed by atoms with Gasteiger partial charge in [-0.1, -0.05) is 0 Å². The second-order valence-electron chi connectivity index (χ2n) is 2.79. The molecule has 16 heavy (non-hydrogen) atoms. The van der Waals surface area contributed by atoms with E-state index in [4.69, 9.17) is 5.26 Å². The fraction of sp³-hybridized carbons (Fsp3) is 0. The first-order valence-electron chi connectivity index (χ1n) is 4.32. The summed E-state index contributed by atoms with van der Waals surface area (Å²) in [6.07, 6.45) is 4.92. The zero-order valence-corrected chi connectivity index (χ0v) is 8.03. The van der Waals surface area contributed by atoms with Crippen molar-refractivity contribution in [1.82, 2.24) is 20.0 Å². The molecule has 78 valence electrons. The lowest BCUT2D eigenvalue weighted by atomic mass is 10.2. The maximum atomic E-state index is 10.2. The van der Waals surface area contributed by atoms with Crippen molar-refractivity contribution in [3.05, 3.63) is 30.2 Å². The minimum Gasteiger partial charge on any atom is -0.327 e. The fourth-order valence-electron chi connectivity index (χ4n) is 1.17. The van der Waals surface area contributed by atoms with E-state index in [1.165, 1.54) is 29.5 Å². The number of pyridine rings is 1. The van der Waals surface area contributed by atoms with Crippen molar-refractivity contribution in [1.29, 1.82) is 5.26 Å². The number of hydrogen-bond donors (Lipinski definition) is 1. The zero-order valence-electron chi connectivity index (χ0n) is 8.03. The largest absolute Gasteiger partial charge is 0.327 e. The van der Waals surface area contributed by atoms with Crippen LogP contribution in [0, 0.1) is 11.3 Å². The molecule has 0 fully saturated rings. The van der Waals surface area contributed by atoms with E-state index < -0.39 is 0 Å². The van der Waals surface area contributed by atoms with Crippen LogP contribution >= 0.6 is 0 Å². The van der Waals surface area contributed by atoms with Crippen LogP contribution in [-0.2, 0) is 4.79 Å². The predicted octanol–water partition coefficient (Wildman–Crippen LogP) is 0.102. The average Bonchev–Trinajstić information content (AvgIpc) is 2.83. The van der Waals surface area contributed by atoms with Crippen LogP contribution in [-0.4, -0.2) is 26.4 Å². The van der Waals surface area contributed by atoms with Gasteiger partial charge in [-0.2, -0.15) is 15.5 Å². The third-order valence-corrected chi connectivity index (χ3v) is 1.82. The van der Waals surface area contributed by atoms with Crippen LogP contribution < -0.4 is 5.32 Å². The number of carbonyl (C=O) groups excluding carboxylic acids is 1. The Balaban J connectivity index is 2.48. The van der Waals surface area contributed by atoms with Gasteiger partial charge in [0, 0.05) is 0 Å². The Morgan fingerprint density at radius 1 is 1.44 bits per heavy atom. The predicted molar refractivity (Wildman–Crippen MR) is 53.6 cm³/mol. The molecule has 0 atom stereocenters. The van der Waals surface area contributed by atoms with Gasteiger partial charge >= 0.3 is 0 Å². The third kappa shape index (κ3) is 1.72. The van der Waals surface area contributed by atoms with Crippen molar-refractivity contribution in [2.75, 3.05) is 5.32 Å². The smallest absolute Gasteiger partial charge is 0.211 e. The zero-order chi connectivity index (χ0) is 11.4. The van der Waals surface area contributed by atoms with Gasteiger partial charge in [-0.05, 0) is 6.07 Å². The molecular weight excluding hydrogens is 208 g/mol. The molecule has 0 saturated heterocycles. The molecule has 1 N–H and O–H groups in total. The summed E-state index contributed by atoms with van der Waals surface area (Å²) in [6.45, 7) is 0. The number of hydrogen-bond acceptors (Lipinski definition) is 5. The van der Waals surface area contributed by atoms with Crippen molar-refractivity contribution in [2.45, 2.75) is 0 Å². The molecule has 0 radical (unpaired) electrons. The summed E-state index contributed by atoms with van der Waals surface area (Å²) >= 11 is 0. The van der Waals surface area contributed by atoms with Crippen molar-refractivity contribution in [3.63, 3.8) is 0 Å². The summed E-state index contributed by atoms with van der Waals surface area (Å²) in [4.78, 5) is 15.5. The van der Waals surface area contributed by atoms with Gasteiger partial charge < -0.3 is 5.32 Å². The summed E-state index contributed by atoms with van der Waals surface area (Å²) in [6, 6.07) is 3.46. The SMILES string of the molecule is N#Cc1cc(NC=O)cnc1-n1nccn1. The minimum atomic E-state index is 0.281. The van der Waals surface area contributed by atoms with Crippen LogP contribution in [0.15, 0.2) is 24.7 Å². The Labute approximate surface area is 90.3 Å². The Morgan fingerprint density at radius 3 is 2.81 bits per heavy atom. The Morgan fingerprint density at radius 2 is 2.19 bits per heavy atom. The number of rotatable bonds is 3. The fourth-order valence-corrected chi connectivity index (χ4v) is 1.17. The highest BCUT2D eigenvalue weighted by molar-refractivity contribution is 5.72. The highest BCUT2D eigenvalue weighted by atomic mass is 16.1. The molecule has 0 aliphatic carbocycles. The second-order valence-corrected chi connectivity index (χ2v) is 2.79. The molecule has 0 unspecified atom stereocenters. The number of anilines is 1. The number of carbonyl (C=O) groups is 1. The lowest BCUT2D eigenvalue weighted by Crippen LogP contribution is -2.05. The monoisotopic (exact) mass is 214 g/mol. The van der Waals surface area contributed by atoms with Crippen LogP contribution in [0.4, 0.5) is 5.69 Å². The highest BCUT2D eigenvalue weighted by Gasteiger charge is 2.08. The van der Waals surface area contributed by atoms with Crippen molar-refractivity contribution >= 4 is 12.1 Å². The minimum absolute atomic E-state index is 0.281. The Hall–Kier alpha value is -2.75. The molecule has 0 saturated carbocycles. The van der Waals surface area contributed by atoms with Crippen molar-refractivity contribution in [3.8, 4) is 11.9 Å². The lowest BCUT2D eigenvalue weighted by molar-refractivity contribution is -0.105. The van der Waals surface area contributed by atoms with E-state index in [1.54, 1.807) is 0 Å². The average molecular weight is 214 g/mol. The summed E-state index contributed by atoms with van der Waals surface area (Å²) < 4.78 is 0. The number of nitriles is 1. The van der Waals surface area contributed by atoms with Gasteiger partial charge in [0.25, 0.3) is 0 Å². The first-order valence-corrected chi connectivity index (χ1v) is 4.32. The van der Waals surface area contributed by atoms with Crippen LogP contribution in [0.3, 0.4) is 0 Å². The number of nitrogens with one attached hydrogen (secondary N) is 1. The molecule has 1 amide bonds. The van der Waals surface area contributed by atoms with E-state index in [9.17, 15) is 4.79 Å². The first-order chi connectivity index (χ1) is 7.85. The van der Waals surface area contributed by atoms with Gasteiger partial charge in [-0.3, -0.25) is 4.79 Å². The van der Waals surface area contributed by atoms with Gasteiger partial charge in [0.2, 0.25) is 6.41 Å². The number of amides is 1. The summed E-state index contributed by atoms with van der Waals surface area (Å²) in [7, 11) is 0. The Kier molecular flexibility index (Phi) is 2.56. The quantitative estimate of drug-likeness (QED) is 0.731. The third-order valence-electron chi connectivity index (χ3n) is 1.82.